The third-order valence-electron chi connectivity index (χ3n) is 2.67. The Morgan fingerprint density at radius 2 is 1.95 bits per heavy atom. The van der Waals surface area contributed by atoms with Gasteiger partial charge in [0.05, 0.1) is 0 Å². The summed E-state index contributed by atoms with van der Waals surface area (Å²) >= 11 is 1.01. The molecule has 0 amide bonds. The second-order valence-electron chi connectivity index (χ2n) is 4.13. The predicted octanol–water partition coefficient (Wildman–Crippen LogP) is 2.91. The molecule has 0 aromatic heterocycles. The van der Waals surface area contributed by atoms with E-state index in [1.807, 2.05) is 5.32 Å². The summed E-state index contributed by atoms with van der Waals surface area (Å²) in [5.74, 6) is -2.35. The average molecular weight is 311 g/mol. The molecule has 0 bridgehead atoms. The molecule has 0 spiro atoms. The van der Waals surface area contributed by atoms with Crippen LogP contribution < -0.4 is 5.32 Å². The molecule has 0 saturated carbocycles. The molecule has 3 nitrogen and oxygen atoms in total. The molecule has 112 valence electrons. The van der Waals surface area contributed by atoms with E-state index in [0.29, 0.717) is 11.8 Å². The third-order valence-corrected chi connectivity index (χ3v) is 3.72. The number of carboxylic acid groups (broad SMARTS) is 1. The van der Waals surface area contributed by atoms with E-state index < -0.39 is 23.5 Å². The maximum Gasteiger partial charge on any atom is 0.417 e. The summed E-state index contributed by atoms with van der Waals surface area (Å²) in [5.41, 5.74) is -3.01. The fraction of sp³-hybridized carbons (Fsp3) is 0.417. The number of nitrogens with one attached hydrogen (secondary N) is 1. The number of carboxylic acids is 1. The molecule has 2 N–H and O–H groups in total. The third kappa shape index (κ3) is 3.86. The molecule has 1 unspecified atom stereocenters. The summed E-state index contributed by atoms with van der Waals surface area (Å²) in [5, 5.41) is 10.6. The first kappa shape index (κ1) is 16.8. The minimum absolute atomic E-state index is 0.111. The van der Waals surface area contributed by atoms with Gasteiger partial charge in [0.25, 0.3) is 0 Å². The number of hydrogen-bond acceptors (Lipinski definition) is 3. The topological polar surface area (TPSA) is 49.3 Å². The summed E-state index contributed by atoms with van der Waals surface area (Å²) < 4.78 is 51.2. The van der Waals surface area contributed by atoms with E-state index in [1.54, 1.807) is 6.07 Å². The van der Waals surface area contributed by atoms with Gasteiger partial charge in [0.1, 0.15) is 5.82 Å². The van der Waals surface area contributed by atoms with Crippen LogP contribution in [0.1, 0.15) is 6.92 Å². The van der Waals surface area contributed by atoms with Crippen LogP contribution in [0.4, 0.5) is 17.6 Å². The lowest BCUT2D eigenvalue weighted by Gasteiger charge is -2.28. The summed E-state index contributed by atoms with van der Waals surface area (Å²) in [4.78, 5) is 11.0. The Morgan fingerprint density at radius 3 is 2.45 bits per heavy atom. The van der Waals surface area contributed by atoms with Gasteiger partial charge < -0.3 is 5.11 Å². The molecule has 1 rings (SSSR count). The predicted molar refractivity (Wildman–Crippen MR) is 67.2 cm³/mol. The van der Waals surface area contributed by atoms with Crippen LogP contribution in [0.2, 0.25) is 0 Å². The highest BCUT2D eigenvalue weighted by Gasteiger charge is 2.56. The lowest BCUT2D eigenvalue weighted by molar-refractivity contribution is -0.205. The number of alkyl halides is 3. The quantitative estimate of drug-likeness (QED) is 0.482. The van der Waals surface area contributed by atoms with Crippen LogP contribution in [-0.2, 0) is 4.79 Å². The van der Waals surface area contributed by atoms with E-state index in [4.69, 9.17) is 5.11 Å². The van der Waals surface area contributed by atoms with Crippen molar-refractivity contribution in [1.82, 2.24) is 5.32 Å². The second-order valence-corrected chi connectivity index (χ2v) is 5.27. The van der Waals surface area contributed by atoms with Gasteiger partial charge >= 0.3 is 12.1 Å². The van der Waals surface area contributed by atoms with Crippen molar-refractivity contribution in [2.24, 2.45) is 0 Å². The molecule has 0 radical (unpaired) electrons. The Hall–Kier alpha value is -1.28. The molecule has 0 aliphatic carbocycles. The van der Waals surface area contributed by atoms with Gasteiger partial charge in [-0.3, -0.25) is 5.32 Å². The van der Waals surface area contributed by atoms with Crippen molar-refractivity contribution >= 4 is 17.7 Å². The first-order valence-corrected chi connectivity index (χ1v) is 6.59. The van der Waals surface area contributed by atoms with Crippen molar-refractivity contribution in [3.8, 4) is 0 Å². The Kier molecular flexibility index (Phi) is 5.41. The maximum atomic E-state index is 13.3. The lowest BCUT2D eigenvalue weighted by atomic mass is 10.0. The zero-order chi connectivity index (χ0) is 15.4. The zero-order valence-corrected chi connectivity index (χ0v) is 11.3. The molecule has 20 heavy (non-hydrogen) atoms. The lowest BCUT2D eigenvalue weighted by Crippen LogP contribution is -2.60. The van der Waals surface area contributed by atoms with Crippen molar-refractivity contribution in [3.05, 3.63) is 30.1 Å². The highest BCUT2D eigenvalue weighted by Crippen LogP contribution is 2.30. The normalized spacial score (nSPS) is 14.8. The van der Waals surface area contributed by atoms with Crippen LogP contribution in [0.15, 0.2) is 29.2 Å². The molecule has 0 fully saturated rings. The number of rotatable bonds is 6. The van der Waals surface area contributed by atoms with Crippen LogP contribution in [-0.4, -0.2) is 35.1 Å². The molecule has 1 atom stereocenters. The van der Waals surface area contributed by atoms with Gasteiger partial charge in [-0.05, 0) is 19.1 Å². The first-order valence-electron chi connectivity index (χ1n) is 5.61. The van der Waals surface area contributed by atoms with Crippen molar-refractivity contribution < 1.29 is 27.5 Å². The number of halogens is 4. The molecule has 0 saturated heterocycles. The molecular formula is C12H13F4NO2S. The van der Waals surface area contributed by atoms with Gasteiger partial charge in [-0.15, -0.1) is 11.8 Å². The van der Waals surface area contributed by atoms with Crippen LogP contribution in [0.3, 0.4) is 0 Å². The van der Waals surface area contributed by atoms with Crippen LogP contribution in [0.5, 0.6) is 0 Å². The van der Waals surface area contributed by atoms with Gasteiger partial charge in [-0.1, -0.05) is 12.1 Å². The minimum Gasteiger partial charge on any atom is -0.480 e. The van der Waals surface area contributed by atoms with E-state index in [0.717, 1.165) is 11.8 Å². The number of thioether (sulfide) groups is 1. The van der Waals surface area contributed by atoms with Gasteiger partial charge in [-0.2, -0.15) is 13.2 Å². The summed E-state index contributed by atoms with van der Waals surface area (Å²) in [6.07, 6.45) is -4.92. The SMILES string of the molecule is CC(NCCSc1ccccc1F)(C(=O)O)C(F)(F)F. The van der Waals surface area contributed by atoms with E-state index >= 15 is 0 Å². The van der Waals surface area contributed by atoms with E-state index in [9.17, 15) is 22.4 Å². The second kappa shape index (κ2) is 6.45. The fourth-order valence-corrected chi connectivity index (χ4v) is 2.13. The Labute approximate surface area is 117 Å². The number of carbonyl (C=O) groups is 1. The van der Waals surface area contributed by atoms with Crippen molar-refractivity contribution in [1.29, 1.82) is 0 Å². The van der Waals surface area contributed by atoms with Gasteiger partial charge in [0, 0.05) is 17.2 Å². The molecule has 0 aliphatic rings. The zero-order valence-electron chi connectivity index (χ0n) is 10.5. The summed E-state index contributed by atoms with van der Waals surface area (Å²) in [7, 11) is 0. The molecule has 8 heteroatoms. The summed E-state index contributed by atoms with van der Waals surface area (Å²) in [6, 6.07) is 5.85. The molecule has 1 aromatic carbocycles. The van der Waals surface area contributed by atoms with E-state index in [-0.39, 0.29) is 12.3 Å². The molecule has 1 aromatic rings. The average Bonchev–Trinajstić information content (AvgIpc) is 2.34. The van der Waals surface area contributed by atoms with Crippen LogP contribution in [0, 0.1) is 5.82 Å². The highest BCUT2D eigenvalue weighted by atomic mass is 32.2. The standard InChI is InChI=1S/C12H13F4NO2S/c1-11(10(18)19,12(14,15)16)17-6-7-20-9-5-3-2-4-8(9)13/h2-5,17H,6-7H2,1H3,(H,18,19). The van der Waals surface area contributed by atoms with Gasteiger partial charge in [-0.25, -0.2) is 9.18 Å². The van der Waals surface area contributed by atoms with E-state index in [1.165, 1.54) is 18.2 Å². The number of aliphatic carboxylic acids is 1. The van der Waals surface area contributed by atoms with Crippen molar-refractivity contribution in [3.63, 3.8) is 0 Å². The fourth-order valence-electron chi connectivity index (χ4n) is 1.32. The van der Waals surface area contributed by atoms with Crippen LogP contribution >= 0.6 is 11.8 Å². The molecular weight excluding hydrogens is 298 g/mol. The Morgan fingerprint density at radius 1 is 1.35 bits per heavy atom. The first-order chi connectivity index (χ1) is 9.18. The molecule has 0 heterocycles. The van der Waals surface area contributed by atoms with E-state index in [2.05, 4.69) is 0 Å². The number of benzene rings is 1. The minimum atomic E-state index is -4.92. The number of hydrogen-bond donors (Lipinski definition) is 2. The van der Waals surface area contributed by atoms with Crippen molar-refractivity contribution in [2.75, 3.05) is 12.3 Å². The smallest absolute Gasteiger partial charge is 0.417 e. The Balaban J connectivity index is 2.55. The molecule has 0 aliphatic heterocycles. The monoisotopic (exact) mass is 311 g/mol. The van der Waals surface area contributed by atoms with Crippen molar-refractivity contribution in [2.45, 2.75) is 23.5 Å². The van der Waals surface area contributed by atoms with Gasteiger partial charge in [0.2, 0.25) is 5.54 Å². The largest absolute Gasteiger partial charge is 0.480 e. The Bertz CT molecular complexity index is 481. The summed E-state index contributed by atoms with van der Waals surface area (Å²) in [6.45, 7) is 0.338. The van der Waals surface area contributed by atoms with Crippen LogP contribution in [0.25, 0.3) is 0 Å². The highest BCUT2D eigenvalue weighted by molar-refractivity contribution is 7.99. The van der Waals surface area contributed by atoms with Gasteiger partial charge in [0.15, 0.2) is 0 Å². The maximum absolute atomic E-state index is 13.3.